The van der Waals surface area contributed by atoms with Crippen LogP contribution in [0.3, 0.4) is 0 Å². The second-order valence-electron chi connectivity index (χ2n) is 5.89. The van der Waals surface area contributed by atoms with Gasteiger partial charge in [-0.1, -0.05) is 12.8 Å². The molecule has 0 aliphatic heterocycles. The van der Waals surface area contributed by atoms with Gasteiger partial charge in [0.05, 0.1) is 11.5 Å². The standard InChI is InChI=1S/C14H26N2/c1-12(13-7-4-5-8-13)16-10-6-9-14(2,3)11-15/h12-13,16H,4-10H2,1-3H3. The Morgan fingerprint density at radius 3 is 2.56 bits per heavy atom. The predicted octanol–water partition coefficient (Wildman–Crippen LogP) is 3.48. The summed E-state index contributed by atoms with van der Waals surface area (Å²) in [5.74, 6) is 0.893. The van der Waals surface area contributed by atoms with Crippen LogP contribution in [0.1, 0.15) is 59.3 Å². The Morgan fingerprint density at radius 2 is 2.00 bits per heavy atom. The SMILES string of the molecule is CC(NCCCC(C)(C)C#N)C1CCCC1. The average molecular weight is 222 g/mol. The predicted molar refractivity (Wildman–Crippen MR) is 68.1 cm³/mol. The van der Waals surface area contributed by atoms with Gasteiger partial charge < -0.3 is 5.32 Å². The molecule has 0 aromatic rings. The molecule has 1 N–H and O–H groups in total. The third-order valence-electron chi connectivity index (χ3n) is 3.85. The highest BCUT2D eigenvalue weighted by Gasteiger charge is 2.21. The number of rotatable bonds is 6. The van der Waals surface area contributed by atoms with Crippen molar-refractivity contribution >= 4 is 0 Å². The number of hydrogen-bond donors (Lipinski definition) is 1. The molecule has 1 aliphatic rings. The molecule has 0 heterocycles. The van der Waals surface area contributed by atoms with Gasteiger partial charge in [0, 0.05) is 6.04 Å². The molecule has 92 valence electrons. The van der Waals surface area contributed by atoms with Crippen LogP contribution in [0.25, 0.3) is 0 Å². The molecule has 0 bridgehead atoms. The van der Waals surface area contributed by atoms with Gasteiger partial charge >= 0.3 is 0 Å². The van der Waals surface area contributed by atoms with Gasteiger partial charge in [-0.15, -0.1) is 0 Å². The molecule has 1 aliphatic carbocycles. The van der Waals surface area contributed by atoms with Crippen molar-refractivity contribution in [2.45, 2.75) is 65.3 Å². The first-order chi connectivity index (χ1) is 7.55. The maximum absolute atomic E-state index is 8.90. The van der Waals surface area contributed by atoms with E-state index in [0.717, 1.165) is 25.3 Å². The fraction of sp³-hybridized carbons (Fsp3) is 0.929. The first-order valence-electron chi connectivity index (χ1n) is 6.70. The third-order valence-corrected chi connectivity index (χ3v) is 3.85. The minimum absolute atomic E-state index is 0.154. The minimum atomic E-state index is -0.154. The summed E-state index contributed by atoms with van der Waals surface area (Å²) in [4.78, 5) is 0. The van der Waals surface area contributed by atoms with E-state index in [0.29, 0.717) is 6.04 Å². The monoisotopic (exact) mass is 222 g/mol. The Hall–Kier alpha value is -0.550. The smallest absolute Gasteiger partial charge is 0.0683 e. The average Bonchev–Trinajstić information content (AvgIpc) is 2.77. The summed E-state index contributed by atoms with van der Waals surface area (Å²) in [7, 11) is 0. The molecule has 1 atom stereocenters. The van der Waals surface area contributed by atoms with E-state index in [1.165, 1.54) is 25.7 Å². The van der Waals surface area contributed by atoms with Gasteiger partial charge in [0.2, 0.25) is 0 Å². The molecule has 0 aromatic heterocycles. The first-order valence-corrected chi connectivity index (χ1v) is 6.70. The molecule has 0 saturated heterocycles. The molecular formula is C14H26N2. The van der Waals surface area contributed by atoms with E-state index in [1.807, 2.05) is 13.8 Å². The van der Waals surface area contributed by atoms with Crippen LogP contribution in [-0.2, 0) is 0 Å². The topological polar surface area (TPSA) is 35.8 Å². The molecule has 2 nitrogen and oxygen atoms in total. The Labute approximate surface area is 100 Å². The first kappa shape index (κ1) is 13.5. The lowest BCUT2D eigenvalue weighted by Gasteiger charge is -2.21. The lowest BCUT2D eigenvalue weighted by Crippen LogP contribution is -2.33. The second-order valence-corrected chi connectivity index (χ2v) is 5.89. The summed E-state index contributed by atoms with van der Waals surface area (Å²) in [6, 6.07) is 3.02. The summed E-state index contributed by atoms with van der Waals surface area (Å²) >= 11 is 0. The van der Waals surface area contributed by atoms with E-state index in [4.69, 9.17) is 5.26 Å². The van der Waals surface area contributed by atoms with Crippen molar-refractivity contribution in [2.24, 2.45) is 11.3 Å². The van der Waals surface area contributed by atoms with Gasteiger partial charge in [0.1, 0.15) is 0 Å². The van der Waals surface area contributed by atoms with E-state index in [-0.39, 0.29) is 5.41 Å². The quantitative estimate of drug-likeness (QED) is 0.698. The van der Waals surface area contributed by atoms with E-state index in [9.17, 15) is 0 Å². The number of hydrogen-bond acceptors (Lipinski definition) is 2. The van der Waals surface area contributed by atoms with Crippen LogP contribution in [0.15, 0.2) is 0 Å². The maximum atomic E-state index is 8.90. The highest BCUT2D eigenvalue weighted by atomic mass is 14.9. The van der Waals surface area contributed by atoms with Crippen molar-refractivity contribution in [3.63, 3.8) is 0 Å². The van der Waals surface area contributed by atoms with Gasteiger partial charge in [-0.05, 0) is 58.9 Å². The molecule has 0 spiro atoms. The van der Waals surface area contributed by atoms with E-state index >= 15 is 0 Å². The van der Waals surface area contributed by atoms with E-state index in [1.54, 1.807) is 0 Å². The molecule has 0 amide bonds. The highest BCUT2D eigenvalue weighted by molar-refractivity contribution is 4.91. The Kier molecular flexibility index (Phi) is 5.28. The highest BCUT2D eigenvalue weighted by Crippen LogP contribution is 2.27. The molecule has 0 radical (unpaired) electrons. The van der Waals surface area contributed by atoms with Gasteiger partial charge in [-0.25, -0.2) is 0 Å². The Bertz CT molecular complexity index is 234. The van der Waals surface area contributed by atoms with Gasteiger partial charge in [-0.3, -0.25) is 0 Å². The van der Waals surface area contributed by atoms with Crippen LogP contribution < -0.4 is 5.32 Å². The van der Waals surface area contributed by atoms with E-state index < -0.39 is 0 Å². The van der Waals surface area contributed by atoms with Crippen LogP contribution in [0.5, 0.6) is 0 Å². The van der Waals surface area contributed by atoms with Crippen molar-refractivity contribution in [2.75, 3.05) is 6.54 Å². The Balaban J connectivity index is 2.09. The molecule has 1 rings (SSSR count). The summed E-state index contributed by atoms with van der Waals surface area (Å²) in [6.45, 7) is 7.41. The largest absolute Gasteiger partial charge is 0.314 e. The van der Waals surface area contributed by atoms with Crippen LogP contribution in [0.4, 0.5) is 0 Å². The Morgan fingerprint density at radius 1 is 1.38 bits per heavy atom. The number of nitrogens with one attached hydrogen (secondary N) is 1. The summed E-state index contributed by atoms with van der Waals surface area (Å²) < 4.78 is 0. The van der Waals surface area contributed by atoms with Crippen LogP contribution >= 0.6 is 0 Å². The van der Waals surface area contributed by atoms with Crippen LogP contribution in [-0.4, -0.2) is 12.6 Å². The second kappa shape index (κ2) is 6.25. The van der Waals surface area contributed by atoms with Crippen LogP contribution in [0, 0.1) is 22.7 Å². The van der Waals surface area contributed by atoms with Crippen molar-refractivity contribution in [1.29, 1.82) is 5.26 Å². The summed E-state index contributed by atoms with van der Waals surface area (Å²) in [5.41, 5.74) is -0.154. The fourth-order valence-electron chi connectivity index (χ4n) is 2.54. The zero-order chi connectivity index (χ0) is 12.0. The zero-order valence-electron chi connectivity index (χ0n) is 11.1. The molecular weight excluding hydrogens is 196 g/mol. The van der Waals surface area contributed by atoms with Crippen LogP contribution in [0.2, 0.25) is 0 Å². The number of nitrogens with zero attached hydrogens (tertiary/aromatic N) is 1. The zero-order valence-corrected chi connectivity index (χ0v) is 11.1. The molecule has 2 heteroatoms. The third kappa shape index (κ3) is 4.53. The van der Waals surface area contributed by atoms with Gasteiger partial charge in [-0.2, -0.15) is 5.26 Å². The van der Waals surface area contributed by atoms with Gasteiger partial charge in [0.25, 0.3) is 0 Å². The maximum Gasteiger partial charge on any atom is 0.0683 e. The lowest BCUT2D eigenvalue weighted by atomic mass is 9.90. The van der Waals surface area contributed by atoms with Crippen molar-refractivity contribution < 1.29 is 0 Å². The fourth-order valence-corrected chi connectivity index (χ4v) is 2.54. The summed E-state index contributed by atoms with van der Waals surface area (Å²) in [5, 5.41) is 12.5. The molecule has 1 fully saturated rings. The van der Waals surface area contributed by atoms with Crippen molar-refractivity contribution in [1.82, 2.24) is 5.32 Å². The van der Waals surface area contributed by atoms with Gasteiger partial charge in [0.15, 0.2) is 0 Å². The molecule has 0 aromatic carbocycles. The molecule has 16 heavy (non-hydrogen) atoms. The summed E-state index contributed by atoms with van der Waals surface area (Å²) in [6.07, 6.45) is 7.73. The normalized spacial score (nSPS) is 19.6. The minimum Gasteiger partial charge on any atom is -0.314 e. The molecule has 1 saturated carbocycles. The van der Waals surface area contributed by atoms with E-state index in [2.05, 4.69) is 18.3 Å². The van der Waals surface area contributed by atoms with Crippen molar-refractivity contribution in [3.8, 4) is 6.07 Å². The van der Waals surface area contributed by atoms with Crippen molar-refractivity contribution in [3.05, 3.63) is 0 Å². The lowest BCUT2D eigenvalue weighted by molar-refractivity contribution is 0.361. The number of nitriles is 1. The molecule has 1 unspecified atom stereocenters.